The lowest BCUT2D eigenvalue weighted by Gasteiger charge is -2.33. The zero-order valence-electron chi connectivity index (χ0n) is 29.9. The second-order valence-electron chi connectivity index (χ2n) is 13.3. The molecule has 0 unspecified atom stereocenters. The van der Waals surface area contributed by atoms with Crippen molar-refractivity contribution in [2.75, 3.05) is 10.8 Å². The topological polar surface area (TPSA) is 148 Å². The van der Waals surface area contributed by atoms with Gasteiger partial charge < -0.3 is 4.12 Å². The Morgan fingerprint density at radius 1 is 0.608 bits per heavy atom. The van der Waals surface area contributed by atoms with E-state index in [0.29, 0.717) is 21.4 Å². The molecular weight excluding hydrogens is 761 g/mol. The summed E-state index contributed by atoms with van der Waals surface area (Å²) in [6.45, 7) is 12.4. The van der Waals surface area contributed by atoms with Crippen molar-refractivity contribution in [2.24, 2.45) is 0 Å². The molecule has 0 aliphatic rings. The standard InChI is InChI=1S/C34H46N4O7S4Si2/c1-7-8-9-10-28-13-17-32(18-14-28)49(41,42)44-24-30-21-37-34(38-22-30)47-26-51(5,6)45-50(3,4)25-46-33-35-19-29(20-36-33)23-43-48(39,40)31-15-11-27(2)12-16-31/h11-22H,7-10,23-26H2,1-6H3. The van der Waals surface area contributed by atoms with Crippen LogP contribution in [0, 0.1) is 6.92 Å². The summed E-state index contributed by atoms with van der Waals surface area (Å²) in [5.41, 5.74) is 3.19. The van der Waals surface area contributed by atoms with E-state index in [-0.39, 0.29) is 23.0 Å². The molecule has 11 nitrogen and oxygen atoms in total. The van der Waals surface area contributed by atoms with Crippen molar-refractivity contribution < 1.29 is 29.3 Å². The predicted molar refractivity (Wildman–Crippen MR) is 206 cm³/mol. The van der Waals surface area contributed by atoms with Crippen LogP contribution in [-0.2, 0) is 52.4 Å². The van der Waals surface area contributed by atoms with Gasteiger partial charge in [0.15, 0.2) is 26.9 Å². The van der Waals surface area contributed by atoms with Crippen molar-refractivity contribution in [2.45, 2.75) is 99.0 Å². The minimum Gasteiger partial charge on any atom is -0.454 e. The molecule has 51 heavy (non-hydrogen) atoms. The summed E-state index contributed by atoms with van der Waals surface area (Å²) in [6, 6.07) is 13.4. The molecule has 0 N–H and O–H groups in total. The Hall–Kier alpha value is -2.49. The average molecular weight is 807 g/mol. The van der Waals surface area contributed by atoms with Crippen LogP contribution in [0.2, 0.25) is 26.2 Å². The summed E-state index contributed by atoms with van der Waals surface area (Å²) >= 11 is 3.03. The van der Waals surface area contributed by atoms with Crippen molar-refractivity contribution >= 4 is 60.4 Å². The van der Waals surface area contributed by atoms with Crippen LogP contribution in [0.25, 0.3) is 0 Å². The Morgan fingerprint density at radius 3 is 1.43 bits per heavy atom. The molecule has 0 aliphatic heterocycles. The number of benzene rings is 2. The van der Waals surface area contributed by atoms with Crippen molar-refractivity contribution in [3.63, 3.8) is 0 Å². The van der Waals surface area contributed by atoms with E-state index < -0.39 is 36.9 Å². The van der Waals surface area contributed by atoms with Crippen molar-refractivity contribution in [1.82, 2.24) is 19.9 Å². The van der Waals surface area contributed by atoms with Crippen LogP contribution in [0.4, 0.5) is 0 Å². The smallest absolute Gasteiger partial charge is 0.297 e. The summed E-state index contributed by atoms with van der Waals surface area (Å²) in [6.07, 6.45) is 10.6. The highest BCUT2D eigenvalue weighted by atomic mass is 32.2. The van der Waals surface area contributed by atoms with Crippen molar-refractivity contribution in [3.8, 4) is 0 Å². The van der Waals surface area contributed by atoms with E-state index in [4.69, 9.17) is 12.5 Å². The Morgan fingerprint density at radius 2 is 1.02 bits per heavy atom. The molecular formula is C34H46N4O7S4Si2. The molecule has 4 aromatic rings. The second kappa shape index (κ2) is 18.5. The molecule has 0 saturated heterocycles. The first-order valence-corrected chi connectivity index (χ1v) is 27.6. The predicted octanol–water partition coefficient (Wildman–Crippen LogP) is 7.51. The fourth-order valence-corrected chi connectivity index (χ4v) is 18.4. The van der Waals surface area contributed by atoms with E-state index in [2.05, 4.69) is 53.0 Å². The summed E-state index contributed by atoms with van der Waals surface area (Å²) in [5.74, 6) is 0. The van der Waals surface area contributed by atoms with Gasteiger partial charge in [-0.25, -0.2) is 19.9 Å². The number of hydrogen-bond donors (Lipinski definition) is 0. The molecule has 0 fully saturated rings. The van der Waals surface area contributed by atoms with Gasteiger partial charge in [-0.2, -0.15) is 16.8 Å². The summed E-state index contributed by atoms with van der Waals surface area (Å²) < 4.78 is 67.6. The first-order chi connectivity index (χ1) is 24.1. The second-order valence-corrected chi connectivity index (χ2v) is 28.0. The Bertz CT molecular complexity index is 1920. The van der Waals surface area contributed by atoms with Crippen LogP contribution in [0.1, 0.15) is 48.4 Å². The molecule has 276 valence electrons. The van der Waals surface area contributed by atoms with Gasteiger partial charge in [0.1, 0.15) is 0 Å². The molecule has 0 radical (unpaired) electrons. The van der Waals surface area contributed by atoms with Crippen LogP contribution in [0.5, 0.6) is 0 Å². The molecule has 2 aromatic heterocycles. The Kier molecular flexibility index (Phi) is 15.0. The number of aromatic nitrogens is 4. The highest BCUT2D eigenvalue weighted by molar-refractivity contribution is 8.01. The zero-order chi connectivity index (χ0) is 37.1. The summed E-state index contributed by atoms with van der Waals surface area (Å²) in [4.78, 5) is 17.9. The fourth-order valence-electron chi connectivity index (χ4n) is 4.80. The number of aryl methyl sites for hydroxylation is 2. The number of nitrogens with zero attached hydrogens (tertiary/aromatic N) is 4. The summed E-state index contributed by atoms with van der Waals surface area (Å²) in [7, 11) is -12.0. The first-order valence-electron chi connectivity index (χ1n) is 16.6. The van der Waals surface area contributed by atoms with Crippen LogP contribution < -0.4 is 0 Å². The molecule has 17 heteroatoms. The van der Waals surface area contributed by atoms with E-state index >= 15 is 0 Å². The quantitative estimate of drug-likeness (QED) is 0.0286. The number of thioether (sulfide) groups is 2. The molecule has 0 bridgehead atoms. The van der Waals surface area contributed by atoms with Gasteiger partial charge >= 0.3 is 0 Å². The van der Waals surface area contributed by atoms with Crippen LogP contribution in [-0.4, -0.2) is 64.2 Å². The maximum atomic E-state index is 12.7. The highest BCUT2D eigenvalue weighted by Gasteiger charge is 2.34. The Labute approximate surface area is 313 Å². The first kappa shape index (κ1) is 41.3. The SMILES string of the molecule is CCCCCc1ccc(S(=O)(=O)OCc2cnc(SC[Si](C)(C)O[Si](C)(C)CSc3ncc(COS(=O)(=O)c4ccc(C)cc4)cn3)nc2)cc1. The number of unbranched alkanes of at least 4 members (excludes halogenated alkanes) is 2. The molecule has 2 aromatic carbocycles. The van der Waals surface area contributed by atoms with Gasteiger partial charge in [-0.05, 0) is 75.8 Å². The third-order valence-electron chi connectivity index (χ3n) is 7.37. The summed E-state index contributed by atoms with van der Waals surface area (Å²) in [5, 5.41) is 2.65. The van der Waals surface area contributed by atoms with E-state index in [1.807, 2.05) is 19.1 Å². The van der Waals surface area contributed by atoms with E-state index in [9.17, 15) is 16.8 Å². The van der Waals surface area contributed by atoms with E-state index in [1.165, 1.54) is 35.7 Å². The third kappa shape index (κ3) is 13.8. The van der Waals surface area contributed by atoms with Gasteiger partial charge in [0, 0.05) is 46.7 Å². The average Bonchev–Trinajstić information content (AvgIpc) is 3.09. The van der Waals surface area contributed by atoms with Crippen LogP contribution in [0.15, 0.2) is 93.4 Å². The third-order valence-corrected chi connectivity index (χ3v) is 22.0. The molecule has 0 saturated carbocycles. The highest BCUT2D eigenvalue weighted by Crippen LogP contribution is 2.26. The van der Waals surface area contributed by atoms with Gasteiger partial charge in [-0.3, -0.25) is 8.37 Å². The van der Waals surface area contributed by atoms with Gasteiger partial charge in [-0.1, -0.05) is 73.1 Å². The van der Waals surface area contributed by atoms with Gasteiger partial charge in [0.25, 0.3) is 20.2 Å². The largest absolute Gasteiger partial charge is 0.454 e. The van der Waals surface area contributed by atoms with Gasteiger partial charge in [0.2, 0.25) is 0 Å². The number of hydrogen-bond acceptors (Lipinski definition) is 13. The molecule has 0 aliphatic carbocycles. The normalized spacial score (nSPS) is 12.7. The van der Waals surface area contributed by atoms with Crippen molar-refractivity contribution in [3.05, 3.63) is 95.6 Å². The minimum absolute atomic E-state index is 0.106. The van der Waals surface area contributed by atoms with Gasteiger partial charge in [0.05, 0.1) is 23.0 Å². The van der Waals surface area contributed by atoms with Gasteiger partial charge in [-0.15, -0.1) is 0 Å². The molecule has 0 spiro atoms. The molecule has 2 heterocycles. The Balaban J connectivity index is 1.19. The molecule has 0 amide bonds. The lowest BCUT2D eigenvalue weighted by molar-refractivity contribution is 0.306. The lowest BCUT2D eigenvalue weighted by atomic mass is 10.1. The lowest BCUT2D eigenvalue weighted by Crippen LogP contribution is -2.48. The monoisotopic (exact) mass is 806 g/mol. The van der Waals surface area contributed by atoms with Crippen LogP contribution >= 0.6 is 23.5 Å². The van der Waals surface area contributed by atoms with Crippen LogP contribution in [0.3, 0.4) is 0 Å². The maximum Gasteiger partial charge on any atom is 0.297 e. The zero-order valence-corrected chi connectivity index (χ0v) is 35.1. The maximum absolute atomic E-state index is 12.7. The van der Waals surface area contributed by atoms with E-state index in [1.54, 1.807) is 49.1 Å². The fraction of sp³-hybridized carbons (Fsp3) is 0.412. The minimum atomic E-state index is -3.90. The van der Waals surface area contributed by atoms with E-state index in [0.717, 1.165) is 47.6 Å². The number of rotatable bonds is 20. The molecule has 0 atom stereocenters. The van der Waals surface area contributed by atoms with Crippen molar-refractivity contribution in [1.29, 1.82) is 0 Å². The molecule has 4 rings (SSSR count).